The number of fused-ring (bicyclic) bond motifs is 1. The predicted molar refractivity (Wildman–Crippen MR) is 83.4 cm³/mol. The highest BCUT2D eigenvalue weighted by Crippen LogP contribution is 2.37. The number of thioether (sulfide) groups is 1. The second-order valence-electron chi connectivity index (χ2n) is 5.10. The van der Waals surface area contributed by atoms with Crippen molar-refractivity contribution in [2.45, 2.75) is 29.7 Å². The molecule has 1 aromatic heterocycles. The third-order valence-electron chi connectivity index (χ3n) is 3.45. The maximum absolute atomic E-state index is 4.99. The van der Waals surface area contributed by atoms with Gasteiger partial charge in [0.1, 0.15) is 6.33 Å². The number of hydrogen-bond donors (Lipinski definition) is 1. The molecule has 112 valence electrons. The molecule has 1 aliphatic rings. The van der Waals surface area contributed by atoms with Gasteiger partial charge in [-0.2, -0.15) is 5.10 Å². The van der Waals surface area contributed by atoms with Crippen LogP contribution in [-0.2, 0) is 24.2 Å². The van der Waals surface area contributed by atoms with E-state index < -0.39 is 0 Å². The average molecular weight is 304 g/mol. The molecule has 3 rings (SSSR count). The van der Waals surface area contributed by atoms with Gasteiger partial charge < -0.3 is 10.1 Å². The summed E-state index contributed by atoms with van der Waals surface area (Å²) >= 11 is 1.94. The van der Waals surface area contributed by atoms with Crippen molar-refractivity contribution in [1.82, 2.24) is 20.1 Å². The van der Waals surface area contributed by atoms with E-state index in [0.717, 1.165) is 25.3 Å². The number of aromatic nitrogens is 3. The van der Waals surface area contributed by atoms with Crippen molar-refractivity contribution in [1.29, 1.82) is 0 Å². The maximum atomic E-state index is 4.99. The minimum absolute atomic E-state index is 0.554. The van der Waals surface area contributed by atoms with E-state index in [1.165, 1.54) is 10.5 Å². The van der Waals surface area contributed by atoms with Crippen molar-refractivity contribution in [3.05, 3.63) is 42.0 Å². The van der Waals surface area contributed by atoms with Crippen LogP contribution in [-0.4, -0.2) is 40.3 Å². The Labute approximate surface area is 129 Å². The number of benzene rings is 1. The van der Waals surface area contributed by atoms with Crippen LogP contribution in [0.4, 0.5) is 0 Å². The molecule has 0 fully saturated rings. The quantitative estimate of drug-likeness (QED) is 0.790. The van der Waals surface area contributed by atoms with Crippen LogP contribution < -0.4 is 5.32 Å². The van der Waals surface area contributed by atoms with Crippen molar-refractivity contribution in [2.24, 2.45) is 0 Å². The van der Waals surface area contributed by atoms with Crippen molar-refractivity contribution >= 4 is 11.8 Å². The van der Waals surface area contributed by atoms with Crippen molar-refractivity contribution in [3.63, 3.8) is 0 Å². The fourth-order valence-corrected chi connectivity index (χ4v) is 3.75. The topological polar surface area (TPSA) is 52.0 Å². The largest absolute Gasteiger partial charge is 0.383 e. The van der Waals surface area contributed by atoms with Gasteiger partial charge in [-0.15, -0.1) is 11.8 Å². The summed E-state index contributed by atoms with van der Waals surface area (Å²) in [7, 11) is 1.70. The second-order valence-corrected chi connectivity index (χ2v) is 6.45. The highest BCUT2D eigenvalue weighted by molar-refractivity contribution is 8.00. The molecule has 1 aromatic carbocycles. The Hall–Kier alpha value is -1.37. The standard InChI is InChI=1S/C15H20N4OS/c1-20-7-6-16-9-15-17-11-19(18-15)10-13-8-12-4-2-3-5-14(12)21-13/h2-5,11,13,16H,6-10H2,1H3. The molecule has 0 radical (unpaired) electrons. The smallest absolute Gasteiger partial charge is 0.164 e. The molecule has 0 saturated heterocycles. The summed E-state index contributed by atoms with van der Waals surface area (Å²) in [6.45, 7) is 3.12. The third kappa shape index (κ3) is 3.84. The number of nitrogens with one attached hydrogen (secondary N) is 1. The Balaban J connectivity index is 1.49. The summed E-state index contributed by atoms with van der Waals surface area (Å²) < 4.78 is 6.95. The van der Waals surface area contributed by atoms with Crippen LogP contribution in [0.25, 0.3) is 0 Å². The van der Waals surface area contributed by atoms with Crippen LogP contribution in [0.5, 0.6) is 0 Å². The van der Waals surface area contributed by atoms with Gasteiger partial charge >= 0.3 is 0 Å². The molecule has 1 N–H and O–H groups in total. The van der Waals surface area contributed by atoms with E-state index in [1.54, 1.807) is 7.11 Å². The SMILES string of the molecule is COCCNCc1ncn(CC2Cc3ccccc3S2)n1. The molecule has 0 amide bonds. The first kappa shape index (κ1) is 14.6. The molecule has 1 atom stereocenters. The fourth-order valence-electron chi connectivity index (χ4n) is 2.44. The average Bonchev–Trinajstić information content (AvgIpc) is 3.10. The van der Waals surface area contributed by atoms with Crippen LogP contribution in [0.3, 0.4) is 0 Å². The first-order chi connectivity index (χ1) is 10.3. The van der Waals surface area contributed by atoms with Gasteiger partial charge in [0.2, 0.25) is 0 Å². The molecule has 5 nitrogen and oxygen atoms in total. The second kappa shape index (κ2) is 7.06. The molecule has 0 spiro atoms. The van der Waals surface area contributed by atoms with E-state index in [9.17, 15) is 0 Å². The van der Waals surface area contributed by atoms with E-state index in [0.29, 0.717) is 18.4 Å². The summed E-state index contributed by atoms with van der Waals surface area (Å²) in [5, 5.41) is 8.33. The molecule has 6 heteroatoms. The Morgan fingerprint density at radius 3 is 3.19 bits per heavy atom. The molecular formula is C15H20N4OS. The Kier molecular flexibility index (Phi) is 4.90. The molecule has 2 aromatic rings. The van der Waals surface area contributed by atoms with Crippen LogP contribution in [0.1, 0.15) is 11.4 Å². The van der Waals surface area contributed by atoms with E-state index >= 15 is 0 Å². The molecular weight excluding hydrogens is 284 g/mol. The van der Waals surface area contributed by atoms with E-state index in [-0.39, 0.29) is 0 Å². The number of methoxy groups -OCH3 is 1. The van der Waals surface area contributed by atoms with Gasteiger partial charge in [-0.3, -0.25) is 4.68 Å². The Morgan fingerprint density at radius 1 is 1.43 bits per heavy atom. The Morgan fingerprint density at radius 2 is 2.33 bits per heavy atom. The minimum atomic E-state index is 0.554. The van der Waals surface area contributed by atoms with Crippen LogP contribution in [0.2, 0.25) is 0 Å². The number of hydrogen-bond acceptors (Lipinski definition) is 5. The van der Waals surface area contributed by atoms with Gasteiger partial charge in [0.05, 0.1) is 19.7 Å². The highest BCUT2D eigenvalue weighted by atomic mass is 32.2. The van der Waals surface area contributed by atoms with Gasteiger partial charge in [0.25, 0.3) is 0 Å². The van der Waals surface area contributed by atoms with Crippen LogP contribution in [0.15, 0.2) is 35.5 Å². The normalized spacial score (nSPS) is 17.1. The first-order valence-electron chi connectivity index (χ1n) is 7.17. The third-order valence-corrected chi connectivity index (χ3v) is 4.76. The first-order valence-corrected chi connectivity index (χ1v) is 8.05. The van der Waals surface area contributed by atoms with E-state index in [2.05, 4.69) is 39.7 Å². The monoisotopic (exact) mass is 304 g/mol. The van der Waals surface area contributed by atoms with Crippen LogP contribution in [0, 0.1) is 0 Å². The van der Waals surface area contributed by atoms with E-state index in [1.807, 2.05) is 22.8 Å². The lowest BCUT2D eigenvalue weighted by atomic mass is 10.1. The molecule has 21 heavy (non-hydrogen) atoms. The van der Waals surface area contributed by atoms with Crippen molar-refractivity contribution in [2.75, 3.05) is 20.3 Å². The van der Waals surface area contributed by atoms with Gasteiger partial charge in [0.15, 0.2) is 5.82 Å². The zero-order valence-corrected chi connectivity index (χ0v) is 13.0. The summed E-state index contributed by atoms with van der Waals surface area (Å²) in [5.41, 5.74) is 1.45. The number of nitrogens with zero attached hydrogens (tertiary/aromatic N) is 3. The highest BCUT2D eigenvalue weighted by Gasteiger charge is 2.22. The number of rotatable bonds is 7. The molecule has 2 heterocycles. The van der Waals surface area contributed by atoms with E-state index in [4.69, 9.17) is 4.74 Å². The van der Waals surface area contributed by atoms with Gasteiger partial charge in [-0.1, -0.05) is 18.2 Å². The molecule has 0 saturated carbocycles. The minimum Gasteiger partial charge on any atom is -0.383 e. The van der Waals surface area contributed by atoms with Gasteiger partial charge in [0, 0.05) is 23.8 Å². The van der Waals surface area contributed by atoms with Crippen LogP contribution >= 0.6 is 11.8 Å². The summed E-state index contributed by atoms with van der Waals surface area (Å²) in [4.78, 5) is 5.75. The molecule has 0 aliphatic carbocycles. The van der Waals surface area contributed by atoms with Gasteiger partial charge in [-0.25, -0.2) is 4.98 Å². The summed E-state index contributed by atoms with van der Waals surface area (Å²) in [6, 6.07) is 8.63. The zero-order valence-electron chi connectivity index (χ0n) is 12.2. The molecule has 1 unspecified atom stereocenters. The molecule has 0 bridgehead atoms. The number of ether oxygens (including phenoxy) is 1. The summed E-state index contributed by atoms with van der Waals surface area (Å²) in [5.74, 6) is 0.839. The summed E-state index contributed by atoms with van der Waals surface area (Å²) in [6.07, 6.45) is 2.94. The fraction of sp³-hybridized carbons (Fsp3) is 0.467. The lowest BCUT2D eigenvalue weighted by Crippen LogP contribution is -2.19. The maximum Gasteiger partial charge on any atom is 0.164 e. The van der Waals surface area contributed by atoms with Gasteiger partial charge in [-0.05, 0) is 18.1 Å². The Bertz CT molecular complexity index is 562. The van der Waals surface area contributed by atoms with Crippen molar-refractivity contribution in [3.8, 4) is 0 Å². The predicted octanol–water partition coefficient (Wildman–Crippen LogP) is 1.73. The lowest BCUT2D eigenvalue weighted by Gasteiger charge is -2.07. The van der Waals surface area contributed by atoms with Crippen molar-refractivity contribution < 1.29 is 4.74 Å². The lowest BCUT2D eigenvalue weighted by molar-refractivity contribution is 0.199. The molecule has 1 aliphatic heterocycles. The zero-order chi connectivity index (χ0) is 14.5.